The van der Waals surface area contributed by atoms with Crippen molar-refractivity contribution >= 4 is 12.1 Å². The number of nitrogens with one attached hydrogen (secondary N) is 1. The molecule has 9 heteroatoms. The SMILES string of the molecule is O=C(COc1ncn(-c2ccccc2)n1)N/N=C/c1cc(OCc2ccccc2)cc(OCc2ccccc2)c1. The van der Waals surface area contributed by atoms with E-state index in [0.717, 1.165) is 16.8 Å². The first-order chi connectivity index (χ1) is 19.7. The summed E-state index contributed by atoms with van der Waals surface area (Å²) in [7, 11) is 0. The molecular weight excluding hydrogens is 506 g/mol. The molecule has 0 fully saturated rings. The summed E-state index contributed by atoms with van der Waals surface area (Å²) < 4.78 is 19.0. The molecule has 0 radical (unpaired) electrons. The van der Waals surface area contributed by atoms with Crippen molar-refractivity contribution in [3.8, 4) is 23.2 Å². The molecule has 5 aromatic rings. The Morgan fingerprint density at radius 2 is 1.35 bits per heavy atom. The lowest BCUT2D eigenvalue weighted by atomic mass is 10.2. The van der Waals surface area contributed by atoms with E-state index in [4.69, 9.17) is 14.2 Å². The zero-order chi connectivity index (χ0) is 27.4. The zero-order valence-electron chi connectivity index (χ0n) is 21.6. The van der Waals surface area contributed by atoms with Gasteiger partial charge in [-0.2, -0.15) is 10.1 Å². The standard InChI is InChI=1S/C31H27N5O4/c37-30(22-40-31-32-23-36(35-31)27-14-8-3-9-15-27)34-33-19-26-16-28(38-20-24-10-4-1-5-11-24)18-29(17-26)39-21-25-12-6-2-7-13-25/h1-19,23H,20-22H2,(H,34,37)/b33-19+. The van der Waals surface area contributed by atoms with Gasteiger partial charge in [0.2, 0.25) is 0 Å². The van der Waals surface area contributed by atoms with E-state index in [1.165, 1.54) is 12.5 Å². The summed E-state index contributed by atoms with van der Waals surface area (Å²) >= 11 is 0. The largest absolute Gasteiger partial charge is 0.489 e. The van der Waals surface area contributed by atoms with Crippen LogP contribution in [0.15, 0.2) is 121 Å². The second-order valence-corrected chi connectivity index (χ2v) is 8.68. The van der Waals surface area contributed by atoms with Gasteiger partial charge in [-0.25, -0.2) is 10.1 Å². The molecule has 1 amide bonds. The van der Waals surface area contributed by atoms with Crippen LogP contribution in [0.4, 0.5) is 0 Å². The second-order valence-electron chi connectivity index (χ2n) is 8.68. The Hall–Kier alpha value is -5.44. The Morgan fingerprint density at radius 3 is 1.95 bits per heavy atom. The highest BCUT2D eigenvalue weighted by molar-refractivity contribution is 5.83. The molecule has 1 aromatic heterocycles. The van der Waals surface area contributed by atoms with Crippen molar-refractivity contribution in [1.82, 2.24) is 20.2 Å². The van der Waals surface area contributed by atoms with Crippen LogP contribution in [0, 0.1) is 0 Å². The molecule has 0 aliphatic carbocycles. The Bertz CT molecular complexity index is 1480. The molecule has 0 atom stereocenters. The number of hydrazone groups is 1. The van der Waals surface area contributed by atoms with E-state index in [1.807, 2.05) is 109 Å². The molecule has 0 saturated carbocycles. The van der Waals surface area contributed by atoms with Gasteiger partial charge < -0.3 is 14.2 Å². The van der Waals surface area contributed by atoms with Crippen LogP contribution < -0.4 is 19.6 Å². The number of benzene rings is 4. The van der Waals surface area contributed by atoms with Crippen LogP contribution in [-0.2, 0) is 18.0 Å². The van der Waals surface area contributed by atoms with Gasteiger partial charge >= 0.3 is 6.01 Å². The first-order valence-electron chi connectivity index (χ1n) is 12.6. The van der Waals surface area contributed by atoms with Crippen LogP contribution in [0.3, 0.4) is 0 Å². The molecule has 0 aliphatic rings. The molecule has 9 nitrogen and oxygen atoms in total. The molecule has 1 heterocycles. The lowest BCUT2D eigenvalue weighted by Crippen LogP contribution is -2.24. The van der Waals surface area contributed by atoms with Crippen LogP contribution in [0.5, 0.6) is 17.5 Å². The van der Waals surface area contributed by atoms with Crippen molar-refractivity contribution in [2.24, 2.45) is 5.10 Å². The molecule has 0 bridgehead atoms. The van der Waals surface area contributed by atoms with Gasteiger partial charge in [-0.1, -0.05) is 78.9 Å². The van der Waals surface area contributed by atoms with E-state index in [2.05, 4.69) is 20.6 Å². The lowest BCUT2D eigenvalue weighted by Gasteiger charge is -2.11. The van der Waals surface area contributed by atoms with Crippen molar-refractivity contribution in [2.75, 3.05) is 6.61 Å². The van der Waals surface area contributed by atoms with E-state index in [-0.39, 0.29) is 12.6 Å². The molecule has 0 aliphatic heterocycles. The van der Waals surface area contributed by atoms with Crippen LogP contribution >= 0.6 is 0 Å². The molecule has 1 N–H and O–H groups in total. The summed E-state index contributed by atoms with van der Waals surface area (Å²) in [6.45, 7) is 0.519. The Morgan fingerprint density at radius 1 is 0.775 bits per heavy atom. The van der Waals surface area contributed by atoms with Gasteiger partial charge in [-0.3, -0.25) is 4.79 Å². The van der Waals surface area contributed by atoms with E-state index in [0.29, 0.717) is 30.3 Å². The fourth-order valence-corrected chi connectivity index (χ4v) is 3.68. The molecule has 4 aromatic carbocycles. The highest BCUT2D eigenvalue weighted by Gasteiger charge is 2.08. The zero-order valence-corrected chi connectivity index (χ0v) is 21.6. The summed E-state index contributed by atoms with van der Waals surface area (Å²) in [5.41, 5.74) is 6.07. The quantitative estimate of drug-likeness (QED) is 0.180. The van der Waals surface area contributed by atoms with Gasteiger partial charge in [-0.15, -0.1) is 5.10 Å². The summed E-state index contributed by atoms with van der Waals surface area (Å²) in [6, 6.07) is 34.8. The minimum absolute atomic E-state index is 0.0893. The molecule has 5 rings (SSSR count). The normalized spacial score (nSPS) is 10.8. The van der Waals surface area contributed by atoms with Gasteiger partial charge in [0, 0.05) is 11.6 Å². The maximum absolute atomic E-state index is 12.3. The van der Waals surface area contributed by atoms with E-state index in [1.54, 1.807) is 4.68 Å². The molecular formula is C31H27N5O4. The van der Waals surface area contributed by atoms with E-state index in [9.17, 15) is 4.79 Å². The topological polar surface area (TPSA) is 99.9 Å². The number of para-hydroxylation sites is 1. The monoisotopic (exact) mass is 533 g/mol. The summed E-state index contributed by atoms with van der Waals surface area (Å²) in [5.74, 6) is 0.778. The van der Waals surface area contributed by atoms with Crippen LogP contribution in [0.1, 0.15) is 16.7 Å². The van der Waals surface area contributed by atoms with Crippen molar-refractivity contribution < 1.29 is 19.0 Å². The van der Waals surface area contributed by atoms with Gasteiger partial charge in [-0.05, 0) is 35.4 Å². The lowest BCUT2D eigenvalue weighted by molar-refractivity contribution is -0.123. The fraction of sp³-hybridized carbons (Fsp3) is 0.0968. The number of carbonyl (C=O) groups excluding carboxylic acids is 1. The van der Waals surface area contributed by atoms with Crippen molar-refractivity contribution in [3.05, 3.63) is 132 Å². The first-order valence-corrected chi connectivity index (χ1v) is 12.6. The number of nitrogens with zero attached hydrogens (tertiary/aromatic N) is 4. The number of amides is 1. The van der Waals surface area contributed by atoms with E-state index < -0.39 is 5.91 Å². The maximum atomic E-state index is 12.3. The summed E-state index contributed by atoms with van der Waals surface area (Å²) in [5, 5.41) is 8.28. The Balaban J connectivity index is 1.19. The van der Waals surface area contributed by atoms with Crippen LogP contribution in [0.25, 0.3) is 5.69 Å². The number of aromatic nitrogens is 3. The van der Waals surface area contributed by atoms with E-state index >= 15 is 0 Å². The summed E-state index contributed by atoms with van der Waals surface area (Å²) in [6.07, 6.45) is 3.04. The minimum atomic E-state index is -0.454. The highest BCUT2D eigenvalue weighted by atomic mass is 16.5. The first kappa shape index (κ1) is 26.2. The minimum Gasteiger partial charge on any atom is -0.489 e. The number of rotatable bonds is 12. The smallest absolute Gasteiger partial charge is 0.336 e. The number of carbonyl (C=O) groups is 1. The molecule has 0 unspecified atom stereocenters. The van der Waals surface area contributed by atoms with Crippen molar-refractivity contribution in [1.29, 1.82) is 0 Å². The summed E-state index contributed by atoms with van der Waals surface area (Å²) in [4.78, 5) is 16.3. The third kappa shape index (κ3) is 7.78. The van der Waals surface area contributed by atoms with Gasteiger partial charge in [0.1, 0.15) is 31.0 Å². The third-order valence-electron chi connectivity index (χ3n) is 5.63. The second kappa shape index (κ2) is 13.4. The molecule has 0 saturated heterocycles. The Labute approximate surface area is 231 Å². The Kier molecular flexibility index (Phi) is 8.76. The molecule has 40 heavy (non-hydrogen) atoms. The average Bonchev–Trinajstić information content (AvgIpc) is 3.49. The predicted octanol–water partition coefficient (Wildman–Crippen LogP) is 4.95. The molecule has 200 valence electrons. The number of hydrogen-bond acceptors (Lipinski definition) is 7. The number of hydrogen-bond donors (Lipinski definition) is 1. The predicted molar refractivity (Wildman–Crippen MR) is 151 cm³/mol. The highest BCUT2D eigenvalue weighted by Crippen LogP contribution is 2.24. The fourth-order valence-electron chi connectivity index (χ4n) is 3.68. The number of ether oxygens (including phenoxy) is 3. The van der Waals surface area contributed by atoms with Gasteiger partial charge in [0.15, 0.2) is 6.61 Å². The van der Waals surface area contributed by atoms with Crippen molar-refractivity contribution in [2.45, 2.75) is 13.2 Å². The van der Waals surface area contributed by atoms with Crippen LogP contribution in [-0.4, -0.2) is 33.5 Å². The van der Waals surface area contributed by atoms with Crippen LogP contribution in [0.2, 0.25) is 0 Å². The van der Waals surface area contributed by atoms with Gasteiger partial charge in [0.25, 0.3) is 5.91 Å². The van der Waals surface area contributed by atoms with Crippen molar-refractivity contribution in [3.63, 3.8) is 0 Å². The third-order valence-corrected chi connectivity index (χ3v) is 5.63. The molecule has 0 spiro atoms. The maximum Gasteiger partial charge on any atom is 0.336 e. The van der Waals surface area contributed by atoms with Gasteiger partial charge in [0.05, 0.1) is 11.9 Å². The average molecular weight is 534 g/mol.